The fourth-order valence-electron chi connectivity index (χ4n) is 2.10. The quantitative estimate of drug-likeness (QED) is 0.675. The maximum Gasteiger partial charge on any atom is 0.0455 e. The highest BCUT2D eigenvalue weighted by Crippen LogP contribution is 2.37. The summed E-state index contributed by atoms with van der Waals surface area (Å²) in [5.74, 6) is 0. The summed E-state index contributed by atoms with van der Waals surface area (Å²) < 4.78 is 0. The van der Waals surface area contributed by atoms with Crippen molar-refractivity contribution in [1.82, 2.24) is 0 Å². The molecule has 2 heteroatoms. The summed E-state index contributed by atoms with van der Waals surface area (Å²) in [6.07, 6.45) is 0. The Morgan fingerprint density at radius 3 is 1.95 bits per heavy atom. The second-order valence-electron chi connectivity index (χ2n) is 4.50. The maximum absolute atomic E-state index is 6.04. The normalized spacial score (nSPS) is 10.4. The van der Waals surface area contributed by atoms with Crippen LogP contribution in [0.5, 0.6) is 0 Å². The van der Waals surface area contributed by atoms with Crippen molar-refractivity contribution in [2.75, 3.05) is 5.73 Å². The summed E-state index contributed by atoms with van der Waals surface area (Å²) in [7, 11) is 0. The zero-order valence-electron chi connectivity index (χ0n) is 11.0. The number of benzene rings is 3. The molecule has 0 atom stereocenters. The van der Waals surface area contributed by atoms with Gasteiger partial charge in [-0.1, -0.05) is 72.4 Å². The van der Waals surface area contributed by atoms with Crippen LogP contribution in [0.1, 0.15) is 0 Å². The van der Waals surface area contributed by atoms with Crippen molar-refractivity contribution < 1.29 is 0 Å². The van der Waals surface area contributed by atoms with Gasteiger partial charge in [-0.15, -0.1) is 0 Å². The van der Waals surface area contributed by atoms with Crippen molar-refractivity contribution in [3.05, 3.63) is 78.9 Å². The molecule has 1 nitrogen and oxygen atoms in total. The molecule has 2 N–H and O–H groups in total. The number of rotatable bonds is 3. The average Bonchev–Trinajstić information content (AvgIpc) is 2.51. The van der Waals surface area contributed by atoms with E-state index in [4.69, 9.17) is 5.73 Å². The summed E-state index contributed by atoms with van der Waals surface area (Å²) >= 11 is 1.71. The van der Waals surface area contributed by atoms with E-state index in [-0.39, 0.29) is 0 Å². The topological polar surface area (TPSA) is 26.0 Å². The number of hydrogen-bond acceptors (Lipinski definition) is 2. The lowest BCUT2D eigenvalue weighted by molar-refractivity contribution is 1.40. The first-order valence-electron chi connectivity index (χ1n) is 6.51. The van der Waals surface area contributed by atoms with Gasteiger partial charge >= 0.3 is 0 Å². The van der Waals surface area contributed by atoms with Gasteiger partial charge in [0, 0.05) is 15.5 Å². The Hall–Kier alpha value is -2.19. The number of nitrogens with two attached hydrogens (primary N) is 1. The van der Waals surface area contributed by atoms with Crippen LogP contribution in [0.3, 0.4) is 0 Å². The van der Waals surface area contributed by atoms with Gasteiger partial charge in [-0.3, -0.25) is 0 Å². The van der Waals surface area contributed by atoms with Gasteiger partial charge in [0.2, 0.25) is 0 Å². The Labute approximate surface area is 123 Å². The number of para-hydroxylation sites is 1. The molecule has 0 amide bonds. The molecule has 0 unspecified atom stereocenters. The molecule has 0 aromatic heterocycles. The van der Waals surface area contributed by atoms with Crippen LogP contribution in [0.25, 0.3) is 11.1 Å². The smallest absolute Gasteiger partial charge is 0.0455 e. The third-order valence-electron chi connectivity index (χ3n) is 3.11. The molecule has 0 fully saturated rings. The molecule has 20 heavy (non-hydrogen) atoms. The lowest BCUT2D eigenvalue weighted by atomic mass is 10.1. The van der Waals surface area contributed by atoms with Crippen LogP contribution in [0, 0.1) is 0 Å². The highest BCUT2D eigenvalue weighted by Gasteiger charge is 2.07. The van der Waals surface area contributed by atoms with E-state index >= 15 is 0 Å². The molecule has 0 saturated carbocycles. The molecule has 0 aliphatic heterocycles. The molecule has 0 bridgehead atoms. The van der Waals surface area contributed by atoms with Crippen molar-refractivity contribution >= 4 is 17.4 Å². The van der Waals surface area contributed by atoms with Gasteiger partial charge in [0.1, 0.15) is 0 Å². The lowest BCUT2D eigenvalue weighted by Gasteiger charge is -2.10. The van der Waals surface area contributed by atoms with Crippen LogP contribution >= 0.6 is 11.8 Å². The molecule has 0 saturated heterocycles. The Kier molecular flexibility index (Phi) is 3.75. The fourth-order valence-corrected chi connectivity index (χ4v) is 3.12. The second kappa shape index (κ2) is 5.85. The Morgan fingerprint density at radius 1 is 0.600 bits per heavy atom. The van der Waals surface area contributed by atoms with Gasteiger partial charge in [-0.25, -0.2) is 0 Å². The van der Waals surface area contributed by atoms with Gasteiger partial charge < -0.3 is 5.73 Å². The van der Waals surface area contributed by atoms with Gasteiger partial charge in [0.05, 0.1) is 0 Å². The van der Waals surface area contributed by atoms with E-state index in [0.29, 0.717) is 0 Å². The highest BCUT2D eigenvalue weighted by atomic mass is 32.2. The van der Waals surface area contributed by atoms with Crippen LogP contribution in [0.4, 0.5) is 5.69 Å². The first-order chi connectivity index (χ1) is 9.84. The Morgan fingerprint density at radius 2 is 1.20 bits per heavy atom. The Balaban J connectivity index is 2.01. The SMILES string of the molecule is Nc1ccccc1Sc1ccccc1-c1ccccc1. The summed E-state index contributed by atoms with van der Waals surface area (Å²) in [6, 6.07) is 26.8. The van der Waals surface area contributed by atoms with E-state index < -0.39 is 0 Å². The van der Waals surface area contributed by atoms with Gasteiger partial charge in [-0.05, 0) is 29.3 Å². The second-order valence-corrected chi connectivity index (χ2v) is 5.59. The molecule has 0 spiro atoms. The first-order valence-corrected chi connectivity index (χ1v) is 7.33. The highest BCUT2D eigenvalue weighted by molar-refractivity contribution is 7.99. The molecular weight excluding hydrogens is 262 g/mol. The van der Waals surface area contributed by atoms with Gasteiger partial charge in [-0.2, -0.15) is 0 Å². The number of anilines is 1. The van der Waals surface area contributed by atoms with Crippen molar-refractivity contribution in [2.45, 2.75) is 9.79 Å². The molecule has 0 radical (unpaired) electrons. The number of hydrogen-bond donors (Lipinski definition) is 1. The molecular formula is C18H15NS. The third kappa shape index (κ3) is 2.70. The maximum atomic E-state index is 6.04. The van der Waals surface area contributed by atoms with E-state index in [0.717, 1.165) is 10.6 Å². The van der Waals surface area contributed by atoms with Gasteiger partial charge in [0.25, 0.3) is 0 Å². The fraction of sp³-hybridized carbons (Fsp3) is 0. The third-order valence-corrected chi connectivity index (χ3v) is 4.28. The minimum atomic E-state index is 0.820. The number of nitrogen functional groups attached to an aromatic ring is 1. The molecule has 0 heterocycles. The first kappa shape index (κ1) is 12.8. The van der Waals surface area contributed by atoms with Crippen LogP contribution in [-0.2, 0) is 0 Å². The van der Waals surface area contributed by atoms with Crippen molar-refractivity contribution in [2.24, 2.45) is 0 Å². The van der Waals surface area contributed by atoms with Crippen molar-refractivity contribution in [3.8, 4) is 11.1 Å². The van der Waals surface area contributed by atoms with E-state index in [1.807, 2.05) is 24.3 Å². The molecule has 98 valence electrons. The van der Waals surface area contributed by atoms with E-state index in [1.165, 1.54) is 16.0 Å². The minimum absolute atomic E-state index is 0.820. The summed E-state index contributed by atoms with van der Waals surface area (Å²) in [5.41, 5.74) is 9.32. The van der Waals surface area contributed by atoms with Crippen LogP contribution in [-0.4, -0.2) is 0 Å². The van der Waals surface area contributed by atoms with Crippen molar-refractivity contribution in [1.29, 1.82) is 0 Å². The summed E-state index contributed by atoms with van der Waals surface area (Å²) in [4.78, 5) is 2.31. The molecule has 3 rings (SSSR count). The standard InChI is InChI=1S/C18H15NS/c19-16-11-5-7-13-18(16)20-17-12-6-4-10-15(17)14-8-2-1-3-9-14/h1-13H,19H2. The lowest BCUT2D eigenvalue weighted by Crippen LogP contribution is -1.88. The molecule has 0 aliphatic rings. The van der Waals surface area contributed by atoms with E-state index in [9.17, 15) is 0 Å². The molecule has 0 aliphatic carbocycles. The van der Waals surface area contributed by atoms with Gasteiger partial charge in [0.15, 0.2) is 0 Å². The van der Waals surface area contributed by atoms with E-state index in [1.54, 1.807) is 11.8 Å². The summed E-state index contributed by atoms with van der Waals surface area (Å²) in [6.45, 7) is 0. The summed E-state index contributed by atoms with van der Waals surface area (Å²) in [5, 5.41) is 0. The predicted octanol–water partition coefficient (Wildman–Crippen LogP) is 5.09. The molecule has 3 aromatic rings. The largest absolute Gasteiger partial charge is 0.398 e. The minimum Gasteiger partial charge on any atom is -0.398 e. The predicted molar refractivity (Wildman–Crippen MR) is 86.9 cm³/mol. The average molecular weight is 277 g/mol. The van der Waals surface area contributed by atoms with Crippen LogP contribution < -0.4 is 5.73 Å². The molecule has 3 aromatic carbocycles. The zero-order valence-corrected chi connectivity index (χ0v) is 11.8. The Bertz CT molecular complexity index is 707. The van der Waals surface area contributed by atoms with E-state index in [2.05, 4.69) is 54.6 Å². The van der Waals surface area contributed by atoms with Crippen LogP contribution in [0.2, 0.25) is 0 Å². The van der Waals surface area contributed by atoms with Crippen LogP contribution in [0.15, 0.2) is 88.7 Å². The monoisotopic (exact) mass is 277 g/mol. The van der Waals surface area contributed by atoms with Crippen molar-refractivity contribution in [3.63, 3.8) is 0 Å². The zero-order chi connectivity index (χ0) is 13.8.